The predicted octanol–water partition coefficient (Wildman–Crippen LogP) is 0.884. The van der Waals surface area contributed by atoms with E-state index in [4.69, 9.17) is 22.1 Å². The number of amides is 1. The first-order valence-electron chi connectivity index (χ1n) is 5.79. The summed E-state index contributed by atoms with van der Waals surface area (Å²) in [4.78, 5) is 22.1. The van der Waals surface area contributed by atoms with Gasteiger partial charge in [-0.2, -0.15) is 0 Å². The van der Waals surface area contributed by atoms with Gasteiger partial charge in [-0.25, -0.2) is 4.79 Å². The third-order valence-electron chi connectivity index (χ3n) is 2.57. The number of carboxylic acid groups (broad SMARTS) is 1. The number of benzene rings is 1. The van der Waals surface area contributed by atoms with E-state index in [9.17, 15) is 9.59 Å². The Bertz CT molecular complexity index is 595. The zero-order chi connectivity index (χ0) is 14.7. The van der Waals surface area contributed by atoms with E-state index in [1.54, 1.807) is 30.3 Å². The number of hydrogen-bond donors (Lipinski definition) is 3. The number of hydrogen-bond acceptors (Lipinski definition) is 4. The monoisotopic (exact) mass is 292 g/mol. The van der Waals surface area contributed by atoms with Crippen molar-refractivity contribution in [2.45, 2.75) is 13.0 Å². The minimum atomic E-state index is -1.03. The Labute approximate surface area is 120 Å². The summed E-state index contributed by atoms with van der Waals surface area (Å²) < 4.78 is 5.20. The standard InChI is InChI=1S/C13H12N2O4S/c1-7(12(17)18)19-9-4-2-8(3-5-9)6-10-11(16)15-13(20)14-10/h2-7H,1H3,(H,17,18)(H2,14,15,16,20)/b10-6-/t7-/m1/s1. The molecule has 1 aromatic rings. The first-order valence-corrected chi connectivity index (χ1v) is 6.20. The van der Waals surface area contributed by atoms with Gasteiger partial charge >= 0.3 is 5.97 Å². The van der Waals surface area contributed by atoms with Gasteiger partial charge in [0.1, 0.15) is 11.4 Å². The van der Waals surface area contributed by atoms with Crippen molar-refractivity contribution in [3.05, 3.63) is 35.5 Å². The molecule has 1 aromatic carbocycles. The number of thiocarbonyl (C=S) groups is 1. The Kier molecular flexibility index (Phi) is 3.99. The molecule has 0 spiro atoms. The molecular weight excluding hydrogens is 280 g/mol. The molecule has 1 aliphatic rings. The van der Waals surface area contributed by atoms with Crippen LogP contribution in [0.3, 0.4) is 0 Å². The second-order valence-corrected chi connectivity index (χ2v) is 4.54. The average Bonchev–Trinajstić information content (AvgIpc) is 2.70. The van der Waals surface area contributed by atoms with Gasteiger partial charge in [0, 0.05) is 0 Å². The Hall–Kier alpha value is -2.41. The van der Waals surface area contributed by atoms with Crippen molar-refractivity contribution in [2.24, 2.45) is 0 Å². The van der Waals surface area contributed by atoms with Crippen LogP contribution in [0.1, 0.15) is 12.5 Å². The molecule has 0 aromatic heterocycles. The van der Waals surface area contributed by atoms with Crippen molar-refractivity contribution in [1.82, 2.24) is 10.6 Å². The van der Waals surface area contributed by atoms with Crippen molar-refractivity contribution < 1.29 is 19.4 Å². The molecule has 0 saturated carbocycles. The van der Waals surface area contributed by atoms with E-state index >= 15 is 0 Å². The predicted molar refractivity (Wildman–Crippen MR) is 76.0 cm³/mol. The molecule has 0 radical (unpaired) electrons. The highest BCUT2D eigenvalue weighted by atomic mass is 32.1. The molecule has 1 atom stereocenters. The molecule has 1 aliphatic heterocycles. The SMILES string of the molecule is C[C@@H](Oc1ccc(/C=C2\NC(=S)NC2=O)cc1)C(=O)O. The summed E-state index contributed by atoms with van der Waals surface area (Å²) in [5, 5.41) is 14.2. The second-order valence-electron chi connectivity index (χ2n) is 4.13. The number of carbonyl (C=O) groups is 2. The molecule has 0 unspecified atom stereocenters. The number of carboxylic acids is 1. The van der Waals surface area contributed by atoms with E-state index in [2.05, 4.69) is 10.6 Å². The molecule has 20 heavy (non-hydrogen) atoms. The topological polar surface area (TPSA) is 87.7 Å². The maximum Gasteiger partial charge on any atom is 0.344 e. The molecule has 1 saturated heterocycles. The van der Waals surface area contributed by atoms with E-state index in [1.165, 1.54) is 6.92 Å². The number of aliphatic carboxylic acids is 1. The van der Waals surface area contributed by atoms with Crippen LogP contribution < -0.4 is 15.4 Å². The molecule has 0 bridgehead atoms. The highest BCUT2D eigenvalue weighted by Crippen LogP contribution is 2.16. The Morgan fingerprint density at radius 3 is 2.50 bits per heavy atom. The van der Waals surface area contributed by atoms with Gasteiger partial charge in [0.25, 0.3) is 5.91 Å². The Balaban J connectivity index is 2.09. The van der Waals surface area contributed by atoms with Crippen LogP contribution in [0, 0.1) is 0 Å². The van der Waals surface area contributed by atoms with Crippen molar-refractivity contribution >= 4 is 35.3 Å². The Morgan fingerprint density at radius 2 is 2.00 bits per heavy atom. The molecule has 1 fully saturated rings. The summed E-state index contributed by atoms with van der Waals surface area (Å²) in [6.45, 7) is 1.45. The second kappa shape index (κ2) is 5.70. The quantitative estimate of drug-likeness (QED) is 0.564. The van der Waals surface area contributed by atoms with Gasteiger partial charge in [-0.15, -0.1) is 0 Å². The fourth-order valence-corrected chi connectivity index (χ4v) is 1.75. The van der Waals surface area contributed by atoms with Crippen molar-refractivity contribution in [1.29, 1.82) is 0 Å². The van der Waals surface area contributed by atoms with Crippen LogP contribution in [-0.4, -0.2) is 28.2 Å². The third kappa shape index (κ3) is 3.33. The number of carbonyl (C=O) groups excluding carboxylic acids is 1. The van der Waals surface area contributed by atoms with Crippen molar-refractivity contribution in [3.8, 4) is 5.75 Å². The number of rotatable bonds is 4. The summed E-state index contributed by atoms with van der Waals surface area (Å²) in [7, 11) is 0. The van der Waals surface area contributed by atoms with E-state index in [-0.39, 0.29) is 11.0 Å². The maximum absolute atomic E-state index is 11.5. The summed E-state index contributed by atoms with van der Waals surface area (Å²) in [5.74, 6) is -0.868. The molecule has 7 heteroatoms. The van der Waals surface area contributed by atoms with Crippen LogP contribution in [0.25, 0.3) is 6.08 Å². The van der Waals surface area contributed by atoms with Gasteiger partial charge in [-0.3, -0.25) is 10.1 Å². The van der Waals surface area contributed by atoms with Crippen LogP contribution in [0.15, 0.2) is 30.0 Å². The van der Waals surface area contributed by atoms with Crippen molar-refractivity contribution in [2.75, 3.05) is 0 Å². The number of nitrogens with one attached hydrogen (secondary N) is 2. The first-order chi connectivity index (χ1) is 9.45. The number of ether oxygens (including phenoxy) is 1. The van der Waals surface area contributed by atoms with Crippen LogP contribution >= 0.6 is 12.2 Å². The summed E-state index contributed by atoms with van der Waals surface area (Å²) >= 11 is 4.82. The highest BCUT2D eigenvalue weighted by molar-refractivity contribution is 7.80. The third-order valence-corrected chi connectivity index (χ3v) is 2.78. The first kappa shape index (κ1) is 14.0. The van der Waals surface area contributed by atoms with Gasteiger partial charge in [0.2, 0.25) is 0 Å². The molecule has 6 nitrogen and oxygen atoms in total. The smallest absolute Gasteiger partial charge is 0.344 e. The van der Waals surface area contributed by atoms with E-state index < -0.39 is 12.1 Å². The fraction of sp³-hybridized carbons (Fsp3) is 0.154. The van der Waals surface area contributed by atoms with Gasteiger partial charge in [0.15, 0.2) is 11.2 Å². The van der Waals surface area contributed by atoms with Crippen LogP contribution in [0.5, 0.6) is 5.75 Å². The lowest BCUT2D eigenvalue weighted by Crippen LogP contribution is -2.22. The summed E-state index contributed by atoms with van der Waals surface area (Å²) in [6, 6.07) is 6.70. The largest absolute Gasteiger partial charge is 0.479 e. The summed E-state index contributed by atoms with van der Waals surface area (Å²) in [5.41, 5.74) is 1.13. The molecule has 1 amide bonds. The lowest BCUT2D eigenvalue weighted by Gasteiger charge is -2.10. The van der Waals surface area contributed by atoms with E-state index in [0.29, 0.717) is 11.4 Å². The minimum absolute atomic E-state index is 0.275. The van der Waals surface area contributed by atoms with Gasteiger partial charge in [-0.05, 0) is 42.9 Å². The highest BCUT2D eigenvalue weighted by Gasteiger charge is 2.19. The van der Waals surface area contributed by atoms with Crippen molar-refractivity contribution in [3.63, 3.8) is 0 Å². The Morgan fingerprint density at radius 1 is 1.35 bits per heavy atom. The zero-order valence-corrected chi connectivity index (χ0v) is 11.4. The maximum atomic E-state index is 11.5. The van der Waals surface area contributed by atoms with E-state index in [0.717, 1.165) is 5.56 Å². The van der Waals surface area contributed by atoms with Crippen LogP contribution in [0.4, 0.5) is 0 Å². The van der Waals surface area contributed by atoms with E-state index in [1.807, 2.05) is 0 Å². The molecular formula is C13H12N2O4S. The lowest BCUT2D eigenvalue weighted by molar-refractivity contribution is -0.144. The molecule has 104 valence electrons. The average molecular weight is 292 g/mol. The van der Waals surface area contributed by atoms with Crippen LogP contribution in [-0.2, 0) is 9.59 Å². The van der Waals surface area contributed by atoms with Gasteiger partial charge < -0.3 is 15.2 Å². The summed E-state index contributed by atoms with van der Waals surface area (Å²) in [6.07, 6.45) is 0.720. The minimum Gasteiger partial charge on any atom is -0.479 e. The molecule has 3 N–H and O–H groups in total. The zero-order valence-electron chi connectivity index (χ0n) is 10.5. The molecule has 2 rings (SSSR count). The molecule has 1 heterocycles. The van der Waals surface area contributed by atoms with Crippen LogP contribution in [0.2, 0.25) is 0 Å². The van der Waals surface area contributed by atoms with Gasteiger partial charge in [-0.1, -0.05) is 12.1 Å². The molecule has 0 aliphatic carbocycles. The fourth-order valence-electron chi connectivity index (χ4n) is 1.55. The van der Waals surface area contributed by atoms with Gasteiger partial charge in [0.05, 0.1) is 0 Å². The lowest BCUT2D eigenvalue weighted by atomic mass is 10.2. The normalized spacial score (nSPS) is 17.6.